The summed E-state index contributed by atoms with van der Waals surface area (Å²) in [5, 5.41) is 3.29. The first-order valence-corrected chi connectivity index (χ1v) is 10.2. The molecule has 0 bridgehead atoms. The zero-order chi connectivity index (χ0) is 22.3. The third-order valence-corrected chi connectivity index (χ3v) is 6.19. The van der Waals surface area contributed by atoms with E-state index in [1.165, 1.54) is 37.4 Å². The van der Waals surface area contributed by atoms with Gasteiger partial charge in [-0.05, 0) is 49.1 Å². The van der Waals surface area contributed by atoms with Gasteiger partial charge >= 0.3 is 5.97 Å². The molecular weight excluding hydrogens is 424 g/mol. The van der Waals surface area contributed by atoms with E-state index < -0.39 is 17.7 Å². The van der Waals surface area contributed by atoms with Crippen LogP contribution in [0.25, 0.3) is 0 Å². The minimum Gasteiger partial charge on any atom is -0.466 e. The van der Waals surface area contributed by atoms with Gasteiger partial charge in [-0.15, -0.1) is 0 Å². The second-order valence-electron chi connectivity index (χ2n) is 7.70. The maximum Gasteiger partial charge on any atom is 0.336 e. The number of allylic oxidation sites excluding steroid dienone is 3. The number of halogens is 3. The van der Waals surface area contributed by atoms with Gasteiger partial charge in [-0.25, -0.2) is 13.6 Å². The van der Waals surface area contributed by atoms with Crippen molar-refractivity contribution in [2.75, 3.05) is 7.11 Å². The number of ether oxygens (including phenoxy) is 1. The molecule has 160 valence electrons. The summed E-state index contributed by atoms with van der Waals surface area (Å²) >= 11 is 6.34. The number of nitrogens with one attached hydrogen (secondary N) is 1. The molecule has 2 aromatic rings. The normalized spacial score (nSPS) is 21.0. The molecule has 2 aromatic carbocycles. The minimum atomic E-state index is -0.973. The first-order valence-electron chi connectivity index (χ1n) is 9.83. The number of carbonyl (C=O) groups excluding carboxylic acids is 2. The van der Waals surface area contributed by atoms with E-state index in [-0.39, 0.29) is 40.1 Å². The Morgan fingerprint density at radius 2 is 1.84 bits per heavy atom. The molecule has 0 amide bonds. The highest BCUT2D eigenvalue weighted by Crippen LogP contribution is 2.47. The van der Waals surface area contributed by atoms with Crippen molar-refractivity contribution in [1.82, 2.24) is 5.32 Å². The standard InChI is InChI=1S/C24H20ClF2NO3/c1-12-20(24(30)31-2)23(21-16(25)4-3-5-17(21)27)22-18(28-12)10-14(11-19(22)29)13-6-8-15(26)9-7-13/h3-9,14,23,28H,10-11H2,1-2H3/t14-,23+/m0/s1. The molecule has 1 aliphatic heterocycles. The lowest BCUT2D eigenvalue weighted by Gasteiger charge is -2.37. The summed E-state index contributed by atoms with van der Waals surface area (Å²) in [7, 11) is 1.24. The van der Waals surface area contributed by atoms with E-state index in [1.807, 2.05) is 0 Å². The zero-order valence-corrected chi connectivity index (χ0v) is 17.7. The van der Waals surface area contributed by atoms with Gasteiger partial charge in [-0.2, -0.15) is 0 Å². The SMILES string of the molecule is COC(=O)C1=C(C)NC2=C(C(=O)C[C@@H](c3ccc(F)cc3)C2)[C@H]1c1c(F)cccc1Cl. The van der Waals surface area contributed by atoms with Gasteiger partial charge < -0.3 is 10.1 Å². The first kappa shape index (κ1) is 21.2. The molecule has 1 N–H and O–H groups in total. The molecule has 0 saturated heterocycles. The summed E-state index contributed by atoms with van der Waals surface area (Å²) in [5.74, 6) is -2.97. The van der Waals surface area contributed by atoms with Crippen LogP contribution in [0.5, 0.6) is 0 Å². The van der Waals surface area contributed by atoms with Crippen LogP contribution in [-0.2, 0) is 14.3 Å². The lowest BCUT2D eigenvalue weighted by atomic mass is 9.71. The molecule has 2 aliphatic rings. The van der Waals surface area contributed by atoms with Gasteiger partial charge in [0.25, 0.3) is 0 Å². The van der Waals surface area contributed by atoms with E-state index in [9.17, 15) is 18.4 Å². The molecule has 0 fully saturated rings. The van der Waals surface area contributed by atoms with Crippen molar-refractivity contribution < 1.29 is 23.1 Å². The predicted molar refractivity (Wildman–Crippen MR) is 112 cm³/mol. The third kappa shape index (κ3) is 3.76. The van der Waals surface area contributed by atoms with E-state index in [4.69, 9.17) is 16.3 Å². The predicted octanol–water partition coefficient (Wildman–Crippen LogP) is 5.15. The number of hydrogen-bond acceptors (Lipinski definition) is 4. The van der Waals surface area contributed by atoms with Crippen molar-refractivity contribution in [1.29, 1.82) is 0 Å². The van der Waals surface area contributed by atoms with Crippen LogP contribution in [0.2, 0.25) is 5.02 Å². The quantitative estimate of drug-likeness (QED) is 0.666. The molecule has 4 rings (SSSR count). The lowest BCUT2D eigenvalue weighted by Crippen LogP contribution is -2.36. The molecule has 31 heavy (non-hydrogen) atoms. The van der Waals surface area contributed by atoms with Gasteiger partial charge in [0, 0.05) is 34.0 Å². The highest BCUT2D eigenvalue weighted by Gasteiger charge is 2.43. The van der Waals surface area contributed by atoms with E-state index >= 15 is 0 Å². The Kier molecular flexibility index (Phi) is 5.67. The summed E-state index contributed by atoms with van der Waals surface area (Å²) in [5.41, 5.74) is 2.47. The maximum absolute atomic E-state index is 14.9. The highest BCUT2D eigenvalue weighted by atomic mass is 35.5. The molecule has 4 nitrogen and oxygen atoms in total. The largest absolute Gasteiger partial charge is 0.466 e. The molecule has 0 unspecified atom stereocenters. The Labute approximate surface area is 183 Å². The molecule has 2 atom stereocenters. The molecule has 7 heteroatoms. The summed E-state index contributed by atoms with van der Waals surface area (Å²) in [6.07, 6.45) is 0.614. The van der Waals surface area contributed by atoms with E-state index in [2.05, 4.69) is 5.32 Å². The van der Waals surface area contributed by atoms with Crippen molar-refractivity contribution in [3.05, 3.63) is 92.8 Å². The fraction of sp³-hybridized carbons (Fsp3) is 0.250. The molecule has 1 heterocycles. The Hall–Kier alpha value is -2.99. The van der Waals surface area contributed by atoms with Gasteiger partial charge in [0.1, 0.15) is 11.6 Å². The van der Waals surface area contributed by atoms with Gasteiger partial charge in [-0.1, -0.05) is 29.8 Å². The Morgan fingerprint density at radius 1 is 1.13 bits per heavy atom. The monoisotopic (exact) mass is 443 g/mol. The molecular formula is C24H20ClF2NO3. The molecule has 0 aromatic heterocycles. The summed E-state index contributed by atoms with van der Waals surface area (Å²) in [6.45, 7) is 1.68. The smallest absolute Gasteiger partial charge is 0.336 e. The molecule has 1 aliphatic carbocycles. The van der Waals surface area contributed by atoms with Crippen LogP contribution in [0.4, 0.5) is 8.78 Å². The van der Waals surface area contributed by atoms with Gasteiger partial charge in [-0.3, -0.25) is 4.79 Å². The Bertz CT molecular complexity index is 1120. The molecule has 0 saturated carbocycles. The zero-order valence-electron chi connectivity index (χ0n) is 17.0. The topological polar surface area (TPSA) is 55.4 Å². The van der Waals surface area contributed by atoms with Crippen LogP contribution in [0, 0.1) is 11.6 Å². The number of rotatable bonds is 3. The third-order valence-electron chi connectivity index (χ3n) is 5.86. The van der Waals surface area contributed by atoms with Crippen molar-refractivity contribution in [2.45, 2.75) is 31.6 Å². The van der Waals surface area contributed by atoms with Crippen LogP contribution in [0.15, 0.2) is 65.0 Å². The average Bonchev–Trinajstić information content (AvgIpc) is 2.73. The van der Waals surface area contributed by atoms with Crippen molar-refractivity contribution in [3.8, 4) is 0 Å². The van der Waals surface area contributed by atoms with Gasteiger partial charge in [0.15, 0.2) is 5.78 Å². The van der Waals surface area contributed by atoms with Crippen molar-refractivity contribution in [3.63, 3.8) is 0 Å². The number of Topliss-reactive ketones (excluding diaryl/α,β-unsaturated/α-hetero) is 1. The Balaban J connectivity index is 1.85. The number of methoxy groups -OCH3 is 1. The van der Waals surface area contributed by atoms with Crippen LogP contribution >= 0.6 is 11.6 Å². The first-order chi connectivity index (χ1) is 14.8. The average molecular weight is 444 g/mol. The van der Waals surface area contributed by atoms with Gasteiger partial charge in [0.2, 0.25) is 0 Å². The van der Waals surface area contributed by atoms with Crippen LogP contribution < -0.4 is 5.32 Å². The van der Waals surface area contributed by atoms with Gasteiger partial charge in [0.05, 0.1) is 18.6 Å². The number of ketones is 1. The second-order valence-corrected chi connectivity index (χ2v) is 8.10. The van der Waals surface area contributed by atoms with Crippen LogP contribution in [-0.4, -0.2) is 18.9 Å². The number of benzene rings is 2. The summed E-state index contributed by atoms with van der Waals surface area (Å²) in [6, 6.07) is 10.3. The van der Waals surface area contributed by atoms with E-state index in [0.29, 0.717) is 23.4 Å². The number of carbonyl (C=O) groups is 2. The lowest BCUT2D eigenvalue weighted by molar-refractivity contribution is -0.136. The van der Waals surface area contributed by atoms with E-state index in [0.717, 1.165) is 5.56 Å². The summed E-state index contributed by atoms with van der Waals surface area (Å²) < 4.78 is 33.2. The molecule has 0 spiro atoms. The van der Waals surface area contributed by atoms with Crippen molar-refractivity contribution in [2.24, 2.45) is 0 Å². The fourth-order valence-electron chi connectivity index (χ4n) is 4.47. The van der Waals surface area contributed by atoms with Crippen molar-refractivity contribution >= 4 is 23.4 Å². The second kappa shape index (κ2) is 8.27. The fourth-order valence-corrected chi connectivity index (χ4v) is 4.74. The Morgan fingerprint density at radius 3 is 2.48 bits per heavy atom. The number of hydrogen-bond donors (Lipinski definition) is 1. The minimum absolute atomic E-state index is 0.0755. The highest BCUT2D eigenvalue weighted by molar-refractivity contribution is 6.31. The number of esters is 1. The molecule has 0 radical (unpaired) electrons. The van der Waals surface area contributed by atoms with Crippen LogP contribution in [0.1, 0.15) is 42.7 Å². The van der Waals surface area contributed by atoms with E-state index in [1.54, 1.807) is 19.1 Å². The number of dihydropyridines is 1. The maximum atomic E-state index is 14.9. The van der Waals surface area contributed by atoms with Crippen LogP contribution in [0.3, 0.4) is 0 Å². The summed E-state index contributed by atoms with van der Waals surface area (Å²) in [4.78, 5) is 26.0.